The Hall–Kier alpha value is -1.26. The lowest BCUT2D eigenvalue weighted by Gasteiger charge is -2.16. The van der Waals surface area contributed by atoms with Gasteiger partial charge < -0.3 is 5.73 Å². The van der Waals surface area contributed by atoms with Gasteiger partial charge in [0.05, 0.1) is 5.69 Å². The molecule has 2 heterocycles. The first-order valence-corrected chi connectivity index (χ1v) is 6.87. The minimum Gasteiger partial charge on any atom is -0.326 e. The topological polar surface area (TPSA) is 51.8 Å². The van der Waals surface area contributed by atoms with Crippen molar-refractivity contribution in [2.45, 2.75) is 39.7 Å². The molecule has 18 heavy (non-hydrogen) atoms. The summed E-state index contributed by atoms with van der Waals surface area (Å²) < 4.78 is 0. The van der Waals surface area contributed by atoms with E-state index >= 15 is 0 Å². The Morgan fingerprint density at radius 2 is 2.06 bits per heavy atom. The van der Waals surface area contributed by atoms with Crippen LogP contribution in [0, 0.1) is 6.92 Å². The number of pyridine rings is 1. The van der Waals surface area contributed by atoms with Crippen LogP contribution in [0.4, 0.5) is 0 Å². The van der Waals surface area contributed by atoms with E-state index in [1.165, 1.54) is 0 Å². The Balaban J connectivity index is 2.55. The highest BCUT2D eigenvalue weighted by molar-refractivity contribution is 7.15. The minimum absolute atomic E-state index is 0.0200. The van der Waals surface area contributed by atoms with Crippen molar-refractivity contribution < 1.29 is 0 Å². The standard InChI is InChI=1S/C14H19N3S/c1-9-6-5-7-16-11(9)13-17-12(14(2,3)4)10(8-15)18-13/h5-7H,8,15H2,1-4H3. The molecule has 96 valence electrons. The minimum atomic E-state index is 0.0200. The summed E-state index contributed by atoms with van der Waals surface area (Å²) >= 11 is 1.66. The fourth-order valence-corrected chi connectivity index (χ4v) is 3.10. The van der Waals surface area contributed by atoms with Crippen LogP contribution in [0.5, 0.6) is 0 Å². The van der Waals surface area contributed by atoms with Gasteiger partial charge in [0, 0.05) is 23.0 Å². The number of aryl methyl sites for hydroxylation is 1. The largest absolute Gasteiger partial charge is 0.326 e. The first-order valence-electron chi connectivity index (χ1n) is 6.05. The molecule has 0 aliphatic rings. The Kier molecular flexibility index (Phi) is 3.50. The predicted octanol–water partition coefficient (Wildman–Crippen LogP) is 3.27. The molecule has 0 atom stereocenters. The molecule has 0 saturated heterocycles. The summed E-state index contributed by atoms with van der Waals surface area (Å²) in [5.74, 6) is 0. The normalized spacial score (nSPS) is 11.8. The third kappa shape index (κ3) is 2.44. The Morgan fingerprint density at radius 3 is 2.56 bits per heavy atom. The van der Waals surface area contributed by atoms with E-state index in [9.17, 15) is 0 Å². The van der Waals surface area contributed by atoms with E-state index in [0.29, 0.717) is 6.54 Å². The smallest absolute Gasteiger partial charge is 0.142 e. The molecule has 2 rings (SSSR count). The van der Waals surface area contributed by atoms with Crippen molar-refractivity contribution in [1.82, 2.24) is 9.97 Å². The summed E-state index contributed by atoms with van der Waals surface area (Å²) in [6.45, 7) is 9.08. The molecule has 0 aliphatic carbocycles. The summed E-state index contributed by atoms with van der Waals surface area (Å²) in [4.78, 5) is 10.3. The fourth-order valence-electron chi connectivity index (χ4n) is 1.89. The number of rotatable bonds is 2. The van der Waals surface area contributed by atoms with Crippen molar-refractivity contribution in [1.29, 1.82) is 0 Å². The lowest BCUT2D eigenvalue weighted by molar-refractivity contribution is 0.567. The molecule has 0 aromatic carbocycles. The van der Waals surface area contributed by atoms with Gasteiger partial charge in [-0.05, 0) is 18.6 Å². The van der Waals surface area contributed by atoms with Gasteiger partial charge in [0.1, 0.15) is 10.7 Å². The van der Waals surface area contributed by atoms with Crippen LogP contribution >= 0.6 is 11.3 Å². The second-order valence-electron chi connectivity index (χ2n) is 5.41. The van der Waals surface area contributed by atoms with Gasteiger partial charge in [0.2, 0.25) is 0 Å². The van der Waals surface area contributed by atoms with E-state index in [4.69, 9.17) is 10.7 Å². The van der Waals surface area contributed by atoms with Crippen molar-refractivity contribution in [3.05, 3.63) is 34.5 Å². The van der Waals surface area contributed by atoms with Gasteiger partial charge in [-0.1, -0.05) is 26.8 Å². The average molecular weight is 261 g/mol. The molecule has 2 aromatic rings. The molecule has 0 spiro atoms. The van der Waals surface area contributed by atoms with E-state index in [0.717, 1.165) is 26.8 Å². The van der Waals surface area contributed by atoms with Crippen LogP contribution in [0.25, 0.3) is 10.7 Å². The number of nitrogens with zero attached hydrogens (tertiary/aromatic N) is 2. The highest BCUT2D eigenvalue weighted by Gasteiger charge is 2.23. The van der Waals surface area contributed by atoms with Crippen LogP contribution in [0.2, 0.25) is 0 Å². The van der Waals surface area contributed by atoms with Crippen LogP contribution in [0.1, 0.15) is 36.9 Å². The molecule has 0 saturated carbocycles. The Labute approximate surface area is 112 Å². The van der Waals surface area contributed by atoms with Crippen molar-refractivity contribution in [3.63, 3.8) is 0 Å². The molecule has 0 fully saturated rings. The number of hydrogen-bond donors (Lipinski definition) is 1. The maximum Gasteiger partial charge on any atom is 0.142 e. The van der Waals surface area contributed by atoms with Crippen molar-refractivity contribution in [3.8, 4) is 10.7 Å². The second-order valence-corrected chi connectivity index (χ2v) is 6.50. The molecule has 2 aromatic heterocycles. The molecule has 4 heteroatoms. The molecule has 0 bridgehead atoms. The maximum atomic E-state index is 5.83. The third-order valence-corrected chi connectivity index (χ3v) is 3.89. The number of thiazole rings is 1. The molecule has 0 radical (unpaired) electrons. The Bertz CT molecular complexity index is 552. The van der Waals surface area contributed by atoms with Crippen molar-refractivity contribution >= 4 is 11.3 Å². The van der Waals surface area contributed by atoms with Gasteiger partial charge in [0.15, 0.2) is 0 Å². The summed E-state index contributed by atoms with van der Waals surface area (Å²) in [6.07, 6.45) is 1.81. The number of nitrogens with two attached hydrogens (primary N) is 1. The first-order chi connectivity index (χ1) is 8.43. The van der Waals surface area contributed by atoms with Crippen LogP contribution in [0.3, 0.4) is 0 Å². The third-order valence-electron chi connectivity index (χ3n) is 2.81. The molecule has 0 aliphatic heterocycles. The van der Waals surface area contributed by atoms with Gasteiger partial charge in [-0.25, -0.2) is 4.98 Å². The summed E-state index contributed by atoms with van der Waals surface area (Å²) in [5.41, 5.74) is 9.05. The molecule has 0 amide bonds. The van der Waals surface area contributed by atoms with Gasteiger partial charge in [-0.2, -0.15) is 0 Å². The zero-order valence-corrected chi connectivity index (χ0v) is 12.1. The Morgan fingerprint density at radius 1 is 1.33 bits per heavy atom. The highest BCUT2D eigenvalue weighted by atomic mass is 32.1. The van der Waals surface area contributed by atoms with Gasteiger partial charge in [-0.15, -0.1) is 11.3 Å². The van der Waals surface area contributed by atoms with Gasteiger partial charge in [0.25, 0.3) is 0 Å². The average Bonchev–Trinajstić information content (AvgIpc) is 2.73. The molecular weight excluding hydrogens is 242 g/mol. The predicted molar refractivity (Wildman–Crippen MR) is 76.7 cm³/mol. The monoisotopic (exact) mass is 261 g/mol. The molecule has 0 unspecified atom stereocenters. The zero-order valence-electron chi connectivity index (χ0n) is 11.3. The SMILES string of the molecule is Cc1cccnc1-c1nc(C(C)(C)C)c(CN)s1. The number of hydrogen-bond acceptors (Lipinski definition) is 4. The highest BCUT2D eigenvalue weighted by Crippen LogP contribution is 2.34. The number of aromatic nitrogens is 2. The van der Waals surface area contributed by atoms with E-state index < -0.39 is 0 Å². The second kappa shape index (κ2) is 4.78. The van der Waals surface area contributed by atoms with E-state index in [1.54, 1.807) is 11.3 Å². The van der Waals surface area contributed by atoms with Crippen molar-refractivity contribution in [2.24, 2.45) is 5.73 Å². The van der Waals surface area contributed by atoms with Gasteiger partial charge in [-0.3, -0.25) is 4.98 Å². The van der Waals surface area contributed by atoms with Gasteiger partial charge >= 0.3 is 0 Å². The molecular formula is C14H19N3S. The molecule has 3 nitrogen and oxygen atoms in total. The first kappa shape index (κ1) is 13.2. The summed E-state index contributed by atoms with van der Waals surface area (Å²) in [6, 6.07) is 4.00. The lowest BCUT2D eigenvalue weighted by atomic mass is 9.91. The van der Waals surface area contributed by atoms with Crippen LogP contribution in [0.15, 0.2) is 18.3 Å². The van der Waals surface area contributed by atoms with Crippen molar-refractivity contribution in [2.75, 3.05) is 0 Å². The van der Waals surface area contributed by atoms with E-state index in [2.05, 4.69) is 38.7 Å². The summed E-state index contributed by atoms with van der Waals surface area (Å²) in [5, 5.41) is 0.971. The quantitative estimate of drug-likeness (QED) is 0.902. The zero-order chi connectivity index (χ0) is 13.3. The van der Waals surface area contributed by atoms with Crippen LogP contribution in [-0.4, -0.2) is 9.97 Å². The van der Waals surface area contributed by atoms with Crippen LogP contribution in [-0.2, 0) is 12.0 Å². The molecule has 2 N–H and O–H groups in total. The van der Waals surface area contributed by atoms with Crippen LogP contribution < -0.4 is 5.73 Å². The lowest BCUT2D eigenvalue weighted by Crippen LogP contribution is -2.15. The fraction of sp³-hybridized carbons (Fsp3) is 0.429. The van der Waals surface area contributed by atoms with E-state index in [1.807, 2.05) is 12.3 Å². The maximum absolute atomic E-state index is 5.83. The van der Waals surface area contributed by atoms with E-state index in [-0.39, 0.29) is 5.41 Å². The summed E-state index contributed by atoms with van der Waals surface area (Å²) in [7, 11) is 0.